The van der Waals surface area contributed by atoms with Gasteiger partial charge in [-0.05, 0) is 150 Å². The van der Waals surface area contributed by atoms with E-state index in [1.165, 1.54) is 83.5 Å². The Morgan fingerprint density at radius 2 is 0.754 bits per heavy atom. The molecule has 310 valence electrons. The second-order valence-corrected chi connectivity index (χ2v) is 18.3. The monoisotopic (exact) mass is 831 g/mol. The van der Waals surface area contributed by atoms with E-state index in [0.29, 0.717) is 0 Å². The van der Waals surface area contributed by atoms with Gasteiger partial charge in [-0.1, -0.05) is 202 Å². The van der Waals surface area contributed by atoms with E-state index in [1.54, 1.807) is 5.57 Å². The summed E-state index contributed by atoms with van der Waals surface area (Å²) in [6.07, 6.45) is 6.90. The van der Waals surface area contributed by atoms with Crippen LogP contribution in [-0.4, -0.2) is 0 Å². The molecule has 0 bridgehead atoms. The van der Waals surface area contributed by atoms with Gasteiger partial charge in [0.15, 0.2) is 0 Å². The average molecular weight is 832 g/mol. The topological polar surface area (TPSA) is 3.24 Å². The lowest BCUT2D eigenvalue weighted by Crippen LogP contribution is -2.41. The molecule has 0 unspecified atom stereocenters. The molecule has 3 aliphatic carbocycles. The minimum atomic E-state index is -0.336. The summed E-state index contributed by atoms with van der Waals surface area (Å²) in [5.41, 5.74) is 24.0. The van der Waals surface area contributed by atoms with Crippen LogP contribution in [0.15, 0.2) is 242 Å². The summed E-state index contributed by atoms with van der Waals surface area (Å²) in [5.74, 6) is 0. The molecule has 3 aliphatic rings. The third-order valence-electron chi connectivity index (χ3n) is 14.5. The second-order valence-electron chi connectivity index (χ2n) is 18.3. The zero-order chi connectivity index (χ0) is 43.5. The minimum absolute atomic E-state index is 0.106. The van der Waals surface area contributed by atoms with Gasteiger partial charge in [0.2, 0.25) is 0 Å². The van der Waals surface area contributed by atoms with Crippen LogP contribution in [0.2, 0.25) is 0 Å². The van der Waals surface area contributed by atoms with Crippen molar-refractivity contribution in [1.29, 1.82) is 0 Å². The summed E-state index contributed by atoms with van der Waals surface area (Å²) in [6, 6.07) is 83.1. The first-order valence-corrected chi connectivity index (χ1v) is 23.1. The summed E-state index contributed by atoms with van der Waals surface area (Å²) < 4.78 is 0. The number of anilines is 3. The number of hydrogen-bond acceptors (Lipinski definition) is 1. The predicted molar refractivity (Wildman–Crippen MR) is 273 cm³/mol. The fourth-order valence-corrected chi connectivity index (χ4v) is 11.3. The number of rotatable bonds is 7. The zero-order valence-corrected chi connectivity index (χ0v) is 36.9. The maximum atomic E-state index is 2.53. The van der Waals surface area contributed by atoms with Crippen LogP contribution < -0.4 is 4.90 Å². The molecule has 1 spiro atoms. The van der Waals surface area contributed by atoms with E-state index in [9.17, 15) is 0 Å². The molecule has 0 saturated carbocycles. The average Bonchev–Trinajstić information content (AvgIpc) is 3.67. The van der Waals surface area contributed by atoms with Crippen molar-refractivity contribution in [3.05, 3.63) is 276 Å². The fourth-order valence-electron chi connectivity index (χ4n) is 11.3. The Labute approximate surface area is 383 Å². The van der Waals surface area contributed by atoms with E-state index in [1.807, 2.05) is 0 Å². The van der Waals surface area contributed by atoms with Crippen molar-refractivity contribution in [1.82, 2.24) is 0 Å². The Hall–Kier alpha value is -7.74. The van der Waals surface area contributed by atoms with Crippen molar-refractivity contribution in [2.45, 2.75) is 37.5 Å². The van der Waals surface area contributed by atoms with E-state index in [-0.39, 0.29) is 10.8 Å². The summed E-state index contributed by atoms with van der Waals surface area (Å²) in [7, 11) is 0. The Kier molecular flexibility index (Phi) is 9.28. The number of hydrogen-bond donors (Lipinski definition) is 0. The summed E-state index contributed by atoms with van der Waals surface area (Å²) >= 11 is 0. The highest BCUT2D eigenvalue weighted by molar-refractivity contribution is 5.94. The molecule has 9 aromatic rings. The molecule has 0 amide bonds. The van der Waals surface area contributed by atoms with Crippen LogP contribution in [0.4, 0.5) is 17.1 Å². The predicted octanol–water partition coefficient (Wildman–Crippen LogP) is 16.9. The van der Waals surface area contributed by atoms with Crippen LogP contribution in [0.1, 0.15) is 60.1 Å². The number of fused-ring (bicyclic) bond motifs is 8. The van der Waals surface area contributed by atoms with Crippen molar-refractivity contribution < 1.29 is 0 Å². The first-order chi connectivity index (χ1) is 32.0. The molecular weight excluding hydrogens is 783 g/mol. The van der Waals surface area contributed by atoms with Gasteiger partial charge in [0, 0.05) is 22.5 Å². The second kappa shape index (κ2) is 15.5. The normalized spacial score (nSPS) is 14.9. The molecule has 0 aromatic heterocycles. The molecule has 0 fully saturated rings. The molecule has 1 heteroatoms. The first kappa shape index (κ1) is 38.9. The highest BCUT2D eigenvalue weighted by Gasteiger charge is 2.54. The van der Waals surface area contributed by atoms with Gasteiger partial charge >= 0.3 is 0 Å². The summed E-state index contributed by atoms with van der Waals surface area (Å²) in [5, 5.41) is 0. The molecule has 0 N–H and O–H groups in total. The number of allylic oxidation sites excluding steroid dienone is 4. The van der Waals surface area contributed by atoms with E-state index in [4.69, 9.17) is 0 Å². The quantitative estimate of drug-likeness (QED) is 0.155. The van der Waals surface area contributed by atoms with Crippen LogP contribution in [-0.2, 0) is 10.8 Å². The maximum Gasteiger partial charge on any atom is 0.0682 e. The van der Waals surface area contributed by atoms with Crippen LogP contribution in [0.5, 0.6) is 0 Å². The number of benzene rings is 9. The highest BCUT2D eigenvalue weighted by Crippen LogP contribution is 2.63. The van der Waals surface area contributed by atoms with Crippen LogP contribution >= 0.6 is 0 Å². The third-order valence-corrected chi connectivity index (χ3v) is 14.5. The molecule has 0 saturated heterocycles. The lowest BCUT2D eigenvalue weighted by atomic mass is 9.54. The van der Waals surface area contributed by atoms with Gasteiger partial charge in [0.25, 0.3) is 0 Å². The van der Waals surface area contributed by atoms with E-state index in [2.05, 4.69) is 255 Å². The molecule has 12 rings (SSSR count). The Bertz CT molecular complexity index is 3160. The number of nitrogens with zero attached hydrogens (tertiary/aromatic N) is 1. The van der Waals surface area contributed by atoms with E-state index >= 15 is 0 Å². The molecule has 0 heterocycles. The third kappa shape index (κ3) is 6.29. The highest BCUT2D eigenvalue weighted by atomic mass is 15.1. The molecule has 9 aromatic carbocycles. The molecule has 65 heavy (non-hydrogen) atoms. The minimum Gasteiger partial charge on any atom is -0.311 e. The van der Waals surface area contributed by atoms with Gasteiger partial charge < -0.3 is 4.90 Å². The van der Waals surface area contributed by atoms with Gasteiger partial charge in [0.05, 0.1) is 5.41 Å². The standard InChI is InChI=1S/C64H49N/c1-63(2)58-24-11-13-26-60(58)64(61-27-14-12-25-59(61)63)57-23-10-9-22-55(57)56-41-34-51(43-62(56)64)50-21-15-20-49(42-50)48-32-39-54(40-33-48)65(52-35-28-46(29-36-52)44-16-5-3-6-17-44)53-37-30-47(31-38-53)45-18-7-4-8-19-45/h3-9,11-22,24-43H,10,23H2,1-2H3. The summed E-state index contributed by atoms with van der Waals surface area (Å²) in [6.45, 7) is 4.81. The SMILES string of the molecule is CC1(C)c2ccccc2C2(C3=C(C=CCC3)c3ccc(-c4cccc(-c5ccc(N(c6ccc(-c7ccccc7)cc6)c6ccc(-c7ccccc7)cc6)cc5)c4)cc32)c2ccccc21. The van der Waals surface area contributed by atoms with Crippen molar-refractivity contribution >= 4 is 22.6 Å². The Morgan fingerprint density at radius 1 is 0.354 bits per heavy atom. The van der Waals surface area contributed by atoms with Gasteiger partial charge in [-0.25, -0.2) is 0 Å². The smallest absolute Gasteiger partial charge is 0.0682 e. The molecule has 0 atom stereocenters. The van der Waals surface area contributed by atoms with Crippen LogP contribution in [0.25, 0.3) is 50.1 Å². The van der Waals surface area contributed by atoms with Gasteiger partial charge in [-0.3, -0.25) is 0 Å². The lowest BCUT2D eigenvalue weighted by Gasteiger charge is -2.47. The Balaban J connectivity index is 0.922. The molecular formula is C64H49N. The van der Waals surface area contributed by atoms with Crippen molar-refractivity contribution in [3.8, 4) is 44.5 Å². The van der Waals surface area contributed by atoms with E-state index < -0.39 is 0 Å². The molecule has 0 radical (unpaired) electrons. The van der Waals surface area contributed by atoms with Gasteiger partial charge in [0.1, 0.15) is 0 Å². The van der Waals surface area contributed by atoms with Crippen LogP contribution in [0.3, 0.4) is 0 Å². The lowest BCUT2D eigenvalue weighted by molar-refractivity contribution is 0.550. The Morgan fingerprint density at radius 3 is 1.28 bits per heavy atom. The van der Waals surface area contributed by atoms with Crippen molar-refractivity contribution in [2.24, 2.45) is 0 Å². The molecule has 1 nitrogen and oxygen atoms in total. The molecule has 0 aliphatic heterocycles. The maximum absolute atomic E-state index is 2.53. The summed E-state index contributed by atoms with van der Waals surface area (Å²) in [4.78, 5) is 2.36. The van der Waals surface area contributed by atoms with Gasteiger partial charge in [-0.15, -0.1) is 0 Å². The zero-order valence-electron chi connectivity index (χ0n) is 36.9. The largest absolute Gasteiger partial charge is 0.311 e. The van der Waals surface area contributed by atoms with Crippen molar-refractivity contribution in [3.63, 3.8) is 0 Å². The van der Waals surface area contributed by atoms with E-state index in [0.717, 1.165) is 29.9 Å². The van der Waals surface area contributed by atoms with Crippen LogP contribution in [0, 0.1) is 0 Å². The van der Waals surface area contributed by atoms with Gasteiger partial charge in [-0.2, -0.15) is 0 Å². The van der Waals surface area contributed by atoms with Crippen molar-refractivity contribution in [2.75, 3.05) is 4.90 Å². The fraction of sp³-hybridized carbons (Fsp3) is 0.0938. The first-order valence-electron chi connectivity index (χ1n) is 23.1.